The number of nitrogens with one attached hydrogen (secondary N) is 1. The highest BCUT2D eigenvalue weighted by atomic mass is 35.5. The summed E-state index contributed by atoms with van der Waals surface area (Å²) in [6, 6.07) is 3.09. The zero-order chi connectivity index (χ0) is 15.3. The van der Waals surface area contributed by atoms with Crippen molar-refractivity contribution in [1.82, 2.24) is 9.62 Å². The first kappa shape index (κ1) is 17.7. The number of hydrogen-bond donors (Lipinski definition) is 1. The first-order valence-corrected chi connectivity index (χ1v) is 8.70. The van der Waals surface area contributed by atoms with Crippen molar-refractivity contribution < 1.29 is 8.42 Å². The summed E-state index contributed by atoms with van der Waals surface area (Å²) in [6.07, 6.45) is 0.745. The van der Waals surface area contributed by atoms with Crippen LogP contribution in [0.3, 0.4) is 0 Å². The molecular formula is C13H20Cl2N2O2S. The van der Waals surface area contributed by atoms with Crippen molar-refractivity contribution in [3.8, 4) is 0 Å². The van der Waals surface area contributed by atoms with E-state index < -0.39 is 10.0 Å². The van der Waals surface area contributed by atoms with Gasteiger partial charge in [0, 0.05) is 24.7 Å². The molecule has 7 heteroatoms. The number of halogens is 2. The molecule has 0 atom stereocenters. The van der Waals surface area contributed by atoms with Crippen LogP contribution in [0.2, 0.25) is 10.0 Å². The van der Waals surface area contributed by atoms with Crippen molar-refractivity contribution in [3.63, 3.8) is 0 Å². The molecule has 0 amide bonds. The molecule has 0 aliphatic heterocycles. The molecule has 0 saturated heterocycles. The van der Waals surface area contributed by atoms with Crippen LogP contribution in [0.1, 0.15) is 25.8 Å². The molecule has 1 aromatic carbocycles. The van der Waals surface area contributed by atoms with E-state index in [0.29, 0.717) is 30.2 Å². The second-order valence-electron chi connectivity index (χ2n) is 4.40. The third-order valence-corrected chi connectivity index (χ3v) is 5.67. The van der Waals surface area contributed by atoms with Crippen molar-refractivity contribution in [2.75, 3.05) is 20.1 Å². The number of sulfonamides is 1. The summed E-state index contributed by atoms with van der Waals surface area (Å²) in [5.74, 6) is 0. The minimum absolute atomic E-state index is 0.0761. The van der Waals surface area contributed by atoms with Gasteiger partial charge in [0.05, 0.1) is 5.02 Å². The minimum Gasteiger partial charge on any atom is -0.316 e. The molecule has 0 fully saturated rings. The fourth-order valence-corrected chi connectivity index (χ4v) is 4.41. The average Bonchev–Trinajstić information content (AvgIpc) is 2.39. The molecule has 0 radical (unpaired) electrons. The molecule has 1 rings (SSSR count). The molecule has 0 aliphatic carbocycles. The van der Waals surface area contributed by atoms with Crippen LogP contribution in [0.15, 0.2) is 17.0 Å². The van der Waals surface area contributed by atoms with Crippen molar-refractivity contribution in [2.24, 2.45) is 0 Å². The summed E-state index contributed by atoms with van der Waals surface area (Å²) in [5, 5.41) is 3.55. The van der Waals surface area contributed by atoms with Gasteiger partial charge in [-0.25, -0.2) is 8.42 Å². The molecule has 20 heavy (non-hydrogen) atoms. The fourth-order valence-electron chi connectivity index (χ4n) is 1.96. The van der Waals surface area contributed by atoms with E-state index in [0.717, 1.165) is 6.42 Å². The quantitative estimate of drug-likeness (QED) is 0.830. The van der Waals surface area contributed by atoms with E-state index in [2.05, 4.69) is 5.32 Å². The van der Waals surface area contributed by atoms with Gasteiger partial charge in [0.25, 0.3) is 0 Å². The summed E-state index contributed by atoms with van der Waals surface area (Å²) in [5.41, 5.74) is 0.674. The standard InChI is InChI=1S/C13H20Cl2N2O2S/c1-4-6-17(5-2)20(18,19)12-8-11(14)7-10(9-16-3)13(12)15/h7-8,16H,4-6,9H2,1-3H3. The van der Waals surface area contributed by atoms with Crippen LogP contribution in [-0.2, 0) is 16.6 Å². The lowest BCUT2D eigenvalue weighted by Gasteiger charge is -2.21. The van der Waals surface area contributed by atoms with Gasteiger partial charge in [0.2, 0.25) is 10.0 Å². The normalized spacial score (nSPS) is 12.1. The zero-order valence-corrected chi connectivity index (χ0v) is 14.2. The van der Waals surface area contributed by atoms with Crippen LogP contribution in [0.25, 0.3) is 0 Å². The first-order valence-electron chi connectivity index (χ1n) is 6.51. The smallest absolute Gasteiger partial charge is 0.244 e. The van der Waals surface area contributed by atoms with Gasteiger partial charge in [-0.15, -0.1) is 0 Å². The Morgan fingerprint density at radius 2 is 1.90 bits per heavy atom. The van der Waals surface area contributed by atoms with E-state index in [1.165, 1.54) is 10.4 Å². The second-order valence-corrected chi connectivity index (χ2v) is 7.12. The lowest BCUT2D eigenvalue weighted by atomic mass is 10.2. The van der Waals surface area contributed by atoms with Crippen molar-refractivity contribution in [2.45, 2.75) is 31.7 Å². The van der Waals surface area contributed by atoms with Gasteiger partial charge < -0.3 is 5.32 Å². The monoisotopic (exact) mass is 338 g/mol. The van der Waals surface area contributed by atoms with Crippen molar-refractivity contribution in [1.29, 1.82) is 0 Å². The molecule has 4 nitrogen and oxygen atoms in total. The second kappa shape index (κ2) is 7.61. The van der Waals surface area contributed by atoms with Crippen LogP contribution >= 0.6 is 23.2 Å². The van der Waals surface area contributed by atoms with Gasteiger partial charge in [-0.05, 0) is 31.2 Å². The Balaban J connectivity index is 3.37. The third-order valence-electron chi connectivity index (χ3n) is 2.89. The summed E-state index contributed by atoms with van der Waals surface area (Å²) in [6.45, 7) is 5.07. The maximum absolute atomic E-state index is 12.6. The number of nitrogens with zero attached hydrogens (tertiary/aromatic N) is 1. The Hall–Kier alpha value is -0.330. The van der Waals surface area contributed by atoms with E-state index in [4.69, 9.17) is 23.2 Å². The van der Waals surface area contributed by atoms with Crippen LogP contribution in [-0.4, -0.2) is 32.9 Å². The largest absolute Gasteiger partial charge is 0.316 e. The van der Waals surface area contributed by atoms with Gasteiger partial charge in [-0.2, -0.15) is 4.31 Å². The highest BCUT2D eigenvalue weighted by Crippen LogP contribution is 2.31. The summed E-state index contributed by atoms with van der Waals surface area (Å²) in [4.78, 5) is 0.0761. The highest BCUT2D eigenvalue weighted by Gasteiger charge is 2.26. The van der Waals surface area contributed by atoms with Crippen LogP contribution in [0, 0.1) is 0 Å². The Labute approximate surface area is 131 Å². The molecule has 0 aromatic heterocycles. The van der Waals surface area contributed by atoms with E-state index in [9.17, 15) is 8.42 Å². The lowest BCUT2D eigenvalue weighted by Crippen LogP contribution is -2.32. The Morgan fingerprint density at radius 3 is 2.40 bits per heavy atom. The molecule has 0 spiro atoms. The van der Waals surface area contributed by atoms with Crippen LogP contribution < -0.4 is 5.32 Å². The van der Waals surface area contributed by atoms with E-state index in [1.54, 1.807) is 20.0 Å². The fraction of sp³-hybridized carbons (Fsp3) is 0.538. The first-order chi connectivity index (χ1) is 9.38. The maximum atomic E-state index is 12.6. The van der Waals surface area contributed by atoms with Gasteiger partial charge in [0.15, 0.2) is 0 Å². The number of rotatable bonds is 7. The highest BCUT2D eigenvalue weighted by molar-refractivity contribution is 7.89. The third kappa shape index (κ3) is 3.86. The summed E-state index contributed by atoms with van der Waals surface area (Å²) >= 11 is 12.3. The Kier molecular flexibility index (Phi) is 6.75. The molecule has 1 aromatic rings. The van der Waals surface area contributed by atoms with Gasteiger partial charge in [-0.3, -0.25) is 0 Å². The topological polar surface area (TPSA) is 49.4 Å². The van der Waals surface area contributed by atoms with Crippen LogP contribution in [0.4, 0.5) is 0 Å². The molecule has 1 N–H and O–H groups in total. The lowest BCUT2D eigenvalue weighted by molar-refractivity contribution is 0.427. The molecule has 0 heterocycles. The van der Waals surface area contributed by atoms with Crippen LogP contribution in [0.5, 0.6) is 0 Å². The molecule has 0 unspecified atom stereocenters. The van der Waals surface area contributed by atoms with Crippen molar-refractivity contribution >= 4 is 33.2 Å². The van der Waals surface area contributed by atoms with Gasteiger partial charge in [-0.1, -0.05) is 37.0 Å². The number of benzene rings is 1. The zero-order valence-electron chi connectivity index (χ0n) is 11.9. The average molecular weight is 339 g/mol. The SMILES string of the molecule is CCCN(CC)S(=O)(=O)c1cc(Cl)cc(CNC)c1Cl. The number of hydrogen-bond acceptors (Lipinski definition) is 3. The van der Waals surface area contributed by atoms with E-state index in [-0.39, 0.29) is 9.92 Å². The molecule has 0 saturated carbocycles. The molecule has 0 bridgehead atoms. The molecular weight excluding hydrogens is 319 g/mol. The van der Waals surface area contributed by atoms with E-state index >= 15 is 0 Å². The predicted octanol–water partition coefficient (Wildman–Crippen LogP) is 3.13. The Bertz CT molecular complexity index is 562. The minimum atomic E-state index is -3.62. The van der Waals surface area contributed by atoms with Crippen molar-refractivity contribution in [3.05, 3.63) is 27.7 Å². The molecule has 0 aliphatic rings. The summed E-state index contributed by atoms with van der Waals surface area (Å²) < 4.78 is 26.7. The van der Waals surface area contributed by atoms with E-state index in [1.807, 2.05) is 6.92 Å². The summed E-state index contributed by atoms with van der Waals surface area (Å²) in [7, 11) is -1.85. The predicted molar refractivity (Wildman–Crippen MR) is 83.9 cm³/mol. The maximum Gasteiger partial charge on any atom is 0.244 e. The Morgan fingerprint density at radius 1 is 1.25 bits per heavy atom. The molecule has 114 valence electrons. The van der Waals surface area contributed by atoms with Gasteiger partial charge in [0.1, 0.15) is 4.90 Å². The van der Waals surface area contributed by atoms with Gasteiger partial charge >= 0.3 is 0 Å².